The Balaban J connectivity index is 2.67. The summed E-state index contributed by atoms with van der Waals surface area (Å²) in [6.45, 7) is 0. The number of carboxylic acids is 1. The molecular weight excluding hydrogens is 254 g/mol. The van der Waals surface area contributed by atoms with Gasteiger partial charge in [0.15, 0.2) is 0 Å². The minimum atomic E-state index is -1.54. The normalized spacial score (nSPS) is 9.47. The Kier molecular flexibility index (Phi) is 4.62. The number of rotatable bonds is 6. The van der Waals surface area contributed by atoms with Crippen molar-refractivity contribution in [3.05, 3.63) is 39.9 Å². The molecule has 1 rings (SSSR count). The molecule has 0 aliphatic heterocycles. The van der Waals surface area contributed by atoms with Gasteiger partial charge in [0.1, 0.15) is 0 Å². The summed E-state index contributed by atoms with van der Waals surface area (Å²) < 4.78 is 0. The van der Waals surface area contributed by atoms with Crippen LogP contribution in [0, 0.1) is 15.6 Å². The number of non-ortho nitro benzene ring substituents is 1. The van der Waals surface area contributed by atoms with Crippen LogP contribution < -0.4 is 0 Å². The Morgan fingerprint density at radius 3 is 2.32 bits per heavy atom. The first-order valence-corrected chi connectivity index (χ1v) is 5.20. The molecule has 1 aromatic rings. The standard InChI is InChI=1S/C11H9N3O5/c12-13-10(11(16)17)9(15)6-3-7-1-4-8(5-2-7)14(18)19/h1-2,4-5,12H,3,6H2/p+1. The van der Waals surface area contributed by atoms with Crippen LogP contribution in [0.5, 0.6) is 0 Å². The maximum absolute atomic E-state index is 11.4. The van der Waals surface area contributed by atoms with E-state index in [0.29, 0.717) is 5.56 Å². The summed E-state index contributed by atoms with van der Waals surface area (Å²) in [5, 5.41) is 19.0. The largest absolute Gasteiger partial charge is 0.490 e. The first kappa shape index (κ1) is 14.2. The number of hydrogen-bond acceptors (Lipinski definition) is 5. The second-order valence-corrected chi connectivity index (χ2v) is 3.61. The summed E-state index contributed by atoms with van der Waals surface area (Å²) in [6.07, 6.45) is 0.102. The van der Waals surface area contributed by atoms with Crippen molar-refractivity contribution in [1.29, 1.82) is 5.53 Å². The van der Waals surface area contributed by atoms with E-state index in [1.165, 1.54) is 24.3 Å². The summed E-state index contributed by atoms with van der Waals surface area (Å²) in [4.78, 5) is 34.5. The molecule has 0 unspecified atom stereocenters. The number of aryl methyl sites for hydroxylation is 1. The van der Waals surface area contributed by atoms with Gasteiger partial charge < -0.3 is 5.11 Å². The lowest BCUT2D eigenvalue weighted by atomic mass is 10.0. The van der Waals surface area contributed by atoms with Gasteiger partial charge in [0.05, 0.1) is 15.2 Å². The maximum Gasteiger partial charge on any atom is 0.490 e. The zero-order valence-corrected chi connectivity index (χ0v) is 9.70. The maximum atomic E-state index is 11.4. The summed E-state index contributed by atoms with van der Waals surface area (Å²) in [5.41, 5.74) is 6.37. The predicted octanol–water partition coefficient (Wildman–Crippen LogP) is 0.861. The number of carboxylic acid groups (broad SMARTS) is 1. The first-order chi connectivity index (χ1) is 8.95. The lowest BCUT2D eigenvalue weighted by molar-refractivity contribution is -0.384. The Morgan fingerprint density at radius 1 is 1.32 bits per heavy atom. The van der Waals surface area contributed by atoms with E-state index >= 15 is 0 Å². The van der Waals surface area contributed by atoms with Crippen LogP contribution in [0.2, 0.25) is 0 Å². The number of aliphatic carboxylic acids is 1. The van der Waals surface area contributed by atoms with E-state index in [-0.39, 0.29) is 18.5 Å². The van der Waals surface area contributed by atoms with E-state index in [9.17, 15) is 19.7 Å². The van der Waals surface area contributed by atoms with Gasteiger partial charge >= 0.3 is 11.7 Å². The first-order valence-electron chi connectivity index (χ1n) is 5.20. The van der Waals surface area contributed by atoms with Crippen molar-refractivity contribution in [2.75, 3.05) is 0 Å². The third-order valence-electron chi connectivity index (χ3n) is 2.37. The second-order valence-electron chi connectivity index (χ2n) is 3.61. The average molecular weight is 264 g/mol. The van der Waals surface area contributed by atoms with Gasteiger partial charge in [-0.1, -0.05) is 12.1 Å². The van der Waals surface area contributed by atoms with Gasteiger partial charge in [-0.25, -0.2) is 4.79 Å². The number of carbonyl (C=O) groups is 2. The lowest BCUT2D eigenvalue weighted by Gasteiger charge is -1.97. The van der Waals surface area contributed by atoms with Crippen molar-refractivity contribution in [3.8, 4) is 0 Å². The quantitative estimate of drug-likeness (QED) is 0.196. The molecule has 0 aliphatic rings. The molecular formula is C11H10N3O5+. The fourth-order valence-corrected chi connectivity index (χ4v) is 1.39. The van der Waals surface area contributed by atoms with Gasteiger partial charge in [0.25, 0.3) is 11.5 Å². The number of nitro groups is 1. The molecule has 0 bridgehead atoms. The number of Topliss-reactive ketones (excluding diaryl/α,β-unsaturated/α-hetero) is 1. The number of nitrogens with one attached hydrogen (secondary N) is 1. The van der Waals surface area contributed by atoms with E-state index in [2.05, 4.69) is 4.79 Å². The third kappa shape index (κ3) is 3.83. The molecule has 1 aromatic carbocycles. The van der Waals surface area contributed by atoms with Gasteiger partial charge in [0.2, 0.25) is 0 Å². The Labute approximate surface area is 107 Å². The third-order valence-corrected chi connectivity index (χ3v) is 2.37. The van der Waals surface area contributed by atoms with E-state index in [1.54, 1.807) is 0 Å². The zero-order valence-electron chi connectivity index (χ0n) is 9.70. The monoisotopic (exact) mass is 264 g/mol. The highest BCUT2D eigenvalue weighted by Crippen LogP contribution is 2.13. The van der Waals surface area contributed by atoms with Crippen molar-refractivity contribution >= 4 is 23.2 Å². The number of hydrogen-bond donors (Lipinski definition) is 2. The van der Waals surface area contributed by atoms with Crippen LogP contribution in [-0.4, -0.2) is 32.3 Å². The molecule has 0 aliphatic carbocycles. The summed E-state index contributed by atoms with van der Waals surface area (Å²) in [7, 11) is 0. The molecule has 0 saturated heterocycles. The molecule has 98 valence electrons. The Morgan fingerprint density at radius 2 is 1.89 bits per heavy atom. The van der Waals surface area contributed by atoms with Crippen molar-refractivity contribution in [2.45, 2.75) is 12.8 Å². The van der Waals surface area contributed by atoms with Gasteiger partial charge in [-0.15, -0.1) is 0 Å². The van der Waals surface area contributed by atoms with Crippen LogP contribution in [0.1, 0.15) is 12.0 Å². The van der Waals surface area contributed by atoms with Crippen molar-refractivity contribution < 1.29 is 24.4 Å². The van der Waals surface area contributed by atoms with Crippen LogP contribution in [0.4, 0.5) is 5.69 Å². The highest BCUT2D eigenvalue weighted by molar-refractivity contribution is 6.61. The summed E-state index contributed by atoms with van der Waals surface area (Å²) >= 11 is 0. The van der Waals surface area contributed by atoms with Gasteiger partial charge in [-0.3, -0.25) is 14.9 Å². The topological polar surface area (TPSA) is 135 Å². The van der Waals surface area contributed by atoms with Gasteiger partial charge in [-0.05, 0) is 12.0 Å². The Bertz CT molecular complexity index is 572. The van der Waals surface area contributed by atoms with Crippen molar-refractivity contribution in [1.82, 2.24) is 0 Å². The number of carbonyl (C=O) groups excluding carboxylic acids is 1. The molecule has 8 heteroatoms. The predicted molar refractivity (Wildman–Crippen MR) is 62.0 cm³/mol. The molecule has 0 saturated carbocycles. The molecule has 8 nitrogen and oxygen atoms in total. The zero-order chi connectivity index (χ0) is 14.4. The van der Waals surface area contributed by atoms with Crippen molar-refractivity contribution in [2.24, 2.45) is 0 Å². The number of ketones is 1. The Hall–Kier alpha value is -2.86. The minimum absolute atomic E-state index is 0.0611. The minimum Gasteiger partial charge on any atom is -0.472 e. The average Bonchev–Trinajstić information content (AvgIpc) is 2.37. The van der Waals surface area contributed by atoms with E-state index in [4.69, 9.17) is 10.6 Å². The second kappa shape index (κ2) is 6.18. The van der Waals surface area contributed by atoms with Crippen LogP contribution in [0.25, 0.3) is 0 Å². The molecule has 0 radical (unpaired) electrons. The fourth-order valence-electron chi connectivity index (χ4n) is 1.39. The van der Waals surface area contributed by atoms with Crippen molar-refractivity contribution in [3.63, 3.8) is 0 Å². The SMILES string of the molecule is N=[N+]=C(C(=O)O)C(=O)CCc1ccc([N+](=O)[O-])cc1. The van der Waals surface area contributed by atoms with Crippen LogP contribution >= 0.6 is 0 Å². The summed E-state index contributed by atoms with van der Waals surface area (Å²) in [6, 6.07) is 5.58. The van der Waals surface area contributed by atoms with Gasteiger partial charge in [-0.2, -0.15) is 0 Å². The molecule has 0 amide bonds. The number of nitrogens with zero attached hydrogens (tertiary/aromatic N) is 2. The highest BCUT2D eigenvalue weighted by atomic mass is 16.6. The fraction of sp³-hybridized carbons (Fsp3) is 0.182. The van der Waals surface area contributed by atoms with Crippen LogP contribution in [0.3, 0.4) is 0 Å². The van der Waals surface area contributed by atoms with Crippen LogP contribution in [-0.2, 0) is 16.0 Å². The highest BCUT2D eigenvalue weighted by Gasteiger charge is 2.30. The molecule has 19 heavy (non-hydrogen) atoms. The van der Waals surface area contributed by atoms with E-state index < -0.39 is 22.4 Å². The molecule has 0 aromatic heterocycles. The smallest absolute Gasteiger partial charge is 0.472 e. The number of benzene rings is 1. The molecule has 2 N–H and O–H groups in total. The van der Waals surface area contributed by atoms with E-state index in [1.807, 2.05) is 0 Å². The van der Waals surface area contributed by atoms with E-state index in [0.717, 1.165) is 0 Å². The number of nitro benzene ring substituents is 1. The molecule has 0 heterocycles. The van der Waals surface area contributed by atoms with Gasteiger partial charge in [0, 0.05) is 18.6 Å². The molecule has 0 fully saturated rings. The lowest BCUT2D eigenvalue weighted by Crippen LogP contribution is -2.25. The molecule has 0 spiro atoms. The molecule has 0 atom stereocenters. The summed E-state index contributed by atoms with van der Waals surface area (Å²) in [5.74, 6) is -2.29. The van der Waals surface area contributed by atoms with Crippen LogP contribution in [0.15, 0.2) is 24.3 Å².